The molecule has 100 valence electrons. The van der Waals surface area contributed by atoms with Gasteiger partial charge in [0.2, 0.25) is 0 Å². The Kier molecular flexibility index (Phi) is 2.76. The van der Waals surface area contributed by atoms with E-state index in [1.807, 2.05) is 30.3 Å². The molecule has 3 aromatic rings. The maximum Gasteiger partial charge on any atom is 0.316 e. The molecule has 0 fully saturated rings. The van der Waals surface area contributed by atoms with Gasteiger partial charge in [-0.25, -0.2) is 9.78 Å². The summed E-state index contributed by atoms with van der Waals surface area (Å²) in [4.78, 5) is 15.2. The number of carbonyl (C=O) groups excluding carboxylic acids is 1. The molecule has 2 aromatic carbocycles. The van der Waals surface area contributed by atoms with Crippen molar-refractivity contribution in [3.63, 3.8) is 0 Å². The molecule has 0 radical (unpaired) electrons. The van der Waals surface area contributed by atoms with E-state index in [-0.39, 0.29) is 0 Å². The first-order chi connectivity index (χ1) is 9.65. The predicted octanol–water partition coefficient (Wildman–Crippen LogP) is 2.43. The largest absolute Gasteiger partial charge is 0.426 e. The van der Waals surface area contributed by atoms with E-state index in [0.717, 1.165) is 10.3 Å². The van der Waals surface area contributed by atoms with Gasteiger partial charge >= 0.3 is 6.03 Å². The number of nitrogens with two attached hydrogens (primary N) is 1. The van der Waals surface area contributed by atoms with Crippen LogP contribution in [0.5, 0.6) is 0 Å². The summed E-state index contributed by atoms with van der Waals surface area (Å²) in [6.07, 6.45) is 0. The SMILES string of the molecule is NC(=O)Nc1ccc2nc(-c3ccccc3)n(O)c2c1. The zero-order valence-electron chi connectivity index (χ0n) is 10.4. The molecule has 0 atom stereocenters. The van der Waals surface area contributed by atoms with E-state index in [0.29, 0.717) is 22.5 Å². The lowest BCUT2D eigenvalue weighted by Crippen LogP contribution is -2.19. The van der Waals surface area contributed by atoms with Crippen LogP contribution in [0.1, 0.15) is 0 Å². The normalized spacial score (nSPS) is 10.6. The smallest absolute Gasteiger partial charge is 0.316 e. The molecule has 6 nitrogen and oxygen atoms in total. The molecule has 1 aromatic heterocycles. The first kappa shape index (κ1) is 12.0. The summed E-state index contributed by atoms with van der Waals surface area (Å²) in [5.41, 5.74) is 7.49. The molecule has 6 heteroatoms. The number of hydrogen-bond donors (Lipinski definition) is 3. The molecule has 0 spiro atoms. The average Bonchev–Trinajstić information content (AvgIpc) is 2.76. The maximum absolute atomic E-state index is 10.8. The number of primary amides is 1. The van der Waals surface area contributed by atoms with Crippen LogP contribution in [-0.4, -0.2) is 21.0 Å². The molecule has 0 unspecified atom stereocenters. The zero-order chi connectivity index (χ0) is 14.1. The van der Waals surface area contributed by atoms with E-state index in [4.69, 9.17) is 5.73 Å². The Morgan fingerprint density at radius 3 is 2.65 bits per heavy atom. The second-order valence-corrected chi connectivity index (χ2v) is 4.31. The number of carbonyl (C=O) groups is 1. The molecule has 0 aliphatic rings. The van der Waals surface area contributed by atoms with E-state index >= 15 is 0 Å². The highest BCUT2D eigenvalue weighted by atomic mass is 16.5. The molecule has 3 rings (SSSR count). The molecule has 0 aliphatic carbocycles. The first-order valence-corrected chi connectivity index (χ1v) is 5.99. The number of anilines is 1. The lowest BCUT2D eigenvalue weighted by Gasteiger charge is -2.02. The van der Waals surface area contributed by atoms with Gasteiger partial charge in [-0.1, -0.05) is 30.3 Å². The Bertz CT molecular complexity index is 780. The van der Waals surface area contributed by atoms with Crippen molar-refractivity contribution in [3.8, 4) is 11.4 Å². The summed E-state index contributed by atoms with van der Waals surface area (Å²) in [6, 6.07) is 13.7. The topological polar surface area (TPSA) is 93.2 Å². The second kappa shape index (κ2) is 4.58. The third-order valence-corrected chi connectivity index (χ3v) is 2.93. The number of rotatable bonds is 2. The van der Waals surface area contributed by atoms with Gasteiger partial charge in [0.25, 0.3) is 0 Å². The Morgan fingerprint density at radius 2 is 1.95 bits per heavy atom. The fourth-order valence-corrected chi connectivity index (χ4v) is 2.06. The number of imidazole rings is 1. The minimum absolute atomic E-state index is 0.442. The Labute approximate surface area is 114 Å². The summed E-state index contributed by atoms with van der Waals surface area (Å²) in [5, 5.41) is 12.7. The third-order valence-electron chi connectivity index (χ3n) is 2.93. The fourth-order valence-electron chi connectivity index (χ4n) is 2.06. The maximum atomic E-state index is 10.8. The molecule has 20 heavy (non-hydrogen) atoms. The number of aromatic nitrogens is 2. The number of nitrogens with one attached hydrogen (secondary N) is 1. The molecule has 1 heterocycles. The molecular formula is C14H12N4O2. The average molecular weight is 268 g/mol. The van der Waals surface area contributed by atoms with E-state index in [2.05, 4.69) is 10.3 Å². The summed E-state index contributed by atoms with van der Waals surface area (Å²) >= 11 is 0. The zero-order valence-corrected chi connectivity index (χ0v) is 10.4. The molecule has 0 aliphatic heterocycles. The third kappa shape index (κ3) is 2.03. The van der Waals surface area contributed by atoms with Gasteiger partial charge in [-0.15, -0.1) is 0 Å². The van der Waals surface area contributed by atoms with E-state index in [1.54, 1.807) is 18.2 Å². The standard InChI is InChI=1S/C14H12N4O2/c15-14(19)16-10-6-7-11-12(8-10)18(20)13(17-11)9-4-2-1-3-5-9/h1-8,20H,(H3,15,16,19). The van der Waals surface area contributed by atoms with E-state index < -0.39 is 6.03 Å². The van der Waals surface area contributed by atoms with E-state index in [9.17, 15) is 10.0 Å². The van der Waals surface area contributed by atoms with Crippen LogP contribution >= 0.6 is 0 Å². The van der Waals surface area contributed by atoms with Crippen molar-refractivity contribution in [1.29, 1.82) is 0 Å². The Balaban J connectivity index is 2.13. The highest BCUT2D eigenvalue weighted by molar-refractivity contribution is 5.91. The number of nitrogens with zero attached hydrogens (tertiary/aromatic N) is 2. The first-order valence-electron chi connectivity index (χ1n) is 5.99. The van der Waals surface area contributed by atoms with Crippen molar-refractivity contribution in [2.45, 2.75) is 0 Å². The van der Waals surface area contributed by atoms with Crippen molar-refractivity contribution in [2.75, 3.05) is 5.32 Å². The van der Waals surface area contributed by atoms with Gasteiger partial charge in [0.05, 0.1) is 5.52 Å². The minimum Gasteiger partial charge on any atom is -0.426 e. The monoisotopic (exact) mass is 268 g/mol. The molecule has 0 bridgehead atoms. The van der Waals surface area contributed by atoms with Crippen LogP contribution < -0.4 is 11.1 Å². The highest BCUT2D eigenvalue weighted by Crippen LogP contribution is 2.25. The van der Waals surface area contributed by atoms with Crippen molar-refractivity contribution < 1.29 is 10.0 Å². The second-order valence-electron chi connectivity index (χ2n) is 4.31. The number of hydrogen-bond acceptors (Lipinski definition) is 3. The van der Waals surface area contributed by atoms with Crippen molar-refractivity contribution >= 4 is 22.8 Å². The summed E-state index contributed by atoms with van der Waals surface area (Å²) < 4.78 is 0.997. The van der Waals surface area contributed by atoms with Crippen LogP contribution in [0.3, 0.4) is 0 Å². The van der Waals surface area contributed by atoms with Crippen LogP contribution in [0.4, 0.5) is 10.5 Å². The number of benzene rings is 2. The number of amides is 2. The lowest BCUT2D eigenvalue weighted by molar-refractivity contribution is 0.203. The quantitative estimate of drug-likeness (QED) is 0.623. The highest BCUT2D eigenvalue weighted by Gasteiger charge is 2.12. The fraction of sp³-hybridized carbons (Fsp3) is 0. The van der Waals surface area contributed by atoms with Crippen molar-refractivity contribution in [2.24, 2.45) is 5.73 Å². The minimum atomic E-state index is -0.656. The molecule has 0 saturated carbocycles. The van der Waals surface area contributed by atoms with Gasteiger partial charge < -0.3 is 16.3 Å². The lowest BCUT2D eigenvalue weighted by atomic mass is 10.2. The molecule has 0 saturated heterocycles. The molecule has 2 amide bonds. The predicted molar refractivity (Wildman–Crippen MR) is 75.6 cm³/mol. The molecule has 4 N–H and O–H groups in total. The Morgan fingerprint density at radius 1 is 1.20 bits per heavy atom. The molecular weight excluding hydrogens is 256 g/mol. The van der Waals surface area contributed by atoms with Crippen molar-refractivity contribution in [1.82, 2.24) is 9.71 Å². The van der Waals surface area contributed by atoms with Crippen LogP contribution in [0.25, 0.3) is 22.4 Å². The van der Waals surface area contributed by atoms with Crippen LogP contribution in [0, 0.1) is 0 Å². The summed E-state index contributed by atoms with van der Waals surface area (Å²) in [6.45, 7) is 0. The van der Waals surface area contributed by atoms with Crippen LogP contribution in [0.2, 0.25) is 0 Å². The number of urea groups is 1. The van der Waals surface area contributed by atoms with Gasteiger partial charge in [-0.05, 0) is 18.2 Å². The van der Waals surface area contributed by atoms with Gasteiger partial charge in [-0.2, -0.15) is 4.73 Å². The van der Waals surface area contributed by atoms with Gasteiger partial charge in [0.15, 0.2) is 5.82 Å². The number of fused-ring (bicyclic) bond motifs is 1. The van der Waals surface area contributed by atoms with Gasteiger partial charge in [-0.3, -0.25) is 0 Å². The Hall–Kier alpha value is -3.02. The van der Waals surface area contributed by atoms with Crippen LogP contribution in [0.15, 0.2) is 48.5 Å². The summed E-state index contributed by atoms with van der Waals surface area (Å²) in [5.74, 6) is 0.442. The van der Waals surface area contributed by atoms with E-state index in [1.165, 1.54) is 0 Å². The van der Waals surface area contributed by atoms with Crippen molar-refractivity contribution in [3.05, 3.63) is 48.5 Å². The van der Waals surface area contributed by atoms with Gasteiger partial charge in [0, 0.05) is 11.3 Å². The van der Waals surface area contributed by atoms with Crippen LogP contribution in [-0.2, 0) is 0 Å². The summed E-state index contributed by atoms with van der Waals surface area (Å²) in [7, 11) is 0. The van der Waals surface area contributed by atoms with Gasteiger partial charge in [0.1, 0.15) is 5.52 Å².